The van der Waals surface area contributed by atoms with Gasteiger partial charge >= 0.3 is 18.0 Å². The van der Waals surface area contributed by atoms with E-state index in [1.54, 1.807) is 32.9 Å². The maximum atomic E-state index is 13.2. The summed E-state index contributed by atoms with van der Waals surface area (Å²) in [6.45, 7) is 5.92. The van der Waals surface area contributed by atoms with Crippen LogP contribution in [0.2, 0.25) is 0 Å². The summed E-state index contributed by atoms with van der Waals surface area (Å²) in [5.74, 6) is -2.03. The van der Waals surface area contributed by atoms with Crippen LogP contribution in [0.4, 0.5) is 4.79 Å². The third-order valence-electron chi connectivity index (χ3n) is 5.11. The van der Waals surface area contributed by atoms with Crippen molar-refractivity contribution in [1.82, 2.24) is 5.32 Å². The van der Waals surface area contributed by atoms with Crippen LogP contribution < -0.4 is 16.0 Å². The fourth-order valence-corrected chi connectivity index (χ4v) is 3.63. The highest BCUT2D eigenvalue weighted by molar-refractivity contribution is 6.35. The van der Waals surface area contributed by atoms with E-state index in [1.165, 1.54) is 0 Å². The second kappa shape index (κ2) is 11.7. The van der Waals surface area contributed by atoms with Gasteiger partial charge in [-0.25, -0.2) is 14.4 Å². The average Bonchev–Trinajstić information content (AvgIpc) is 3.23. The van der Waals surface area contributed by atoms with E-state index >= 15 is 0 Å². The van der Waals surface area contributed by atoms with Crippen molar-refractivity contribution < 1.29 is 33.6 Å². The van der Waals surface area contributed by atoms with Crippen LogP contribution in [-0.2, 0) is 30.5 Å². The third-order valence-corrected chi connectivity index (χ3v) is 5.11. The zero-order valence-corrected chi connectivity index (χ0v) is 19.0. The molecular formula is C23H34N3O6+. The molecule has 9 heteroatoms. The van der Waals surface area contributed by atoms with Crippen LogP contribution in [0.25, 0.3) is 0 Å². The van der Waals surface area contributed by atoms with Gasteiger partial charge in [-0.1, -0.05) is 30.3 Å². The van der Waals surface area contributed by atoms with E-state index < -0.39 is 35.5 Å². The first-order valence-corrected chi connectivity index (χ1v) is 11.0. The Morgan fingerprint density at radius 1 is 1.19 bits per heavy atom. The molecule has 1 unspecified atom stereocenters. The number of hydrogen-bond acceptors (Lipinski definition) is 7. The number of alkyl carbamates (subject to hydrolysis) is 1. The van der Waals surface area contributed by atoms with Crippen LogP contribution in [0.15, 0.2) is 30.3 Å². The van der Waals surface area contributed by atoms with Gasteiger partial charge in [-0.15, -0.1) is 0 Å². The summed E-state index contributed by atoms with van der Waals surface area (Å²) in [6.07, 6.45) is 1.13. The minimum absolute atomic E-state index is 0.0132. The first-order chi connectivity index (χ1) is 15.1. The lowest BCUT2D eigenvalue weighted by molar-refractivity contribution is -0.823. The molecule has 1 aliphatic heterocycles. The SMILES string of the molecule is CC(C)(C)OC(=O)N[C@@H](CCCN)C(=O)[NH+]1CCC[C@H]1C(=O)C(=O)OCc1ccccc1. The highest BCUT2D eigenvalue weighted by Gasteiger charge is 2.45. The number of benzene rings is 1. The number of rotatable bonds is 9. The van der Waals surface area contributed by atoms with E-state index in [2.05, 4.69) is 5.32 Å². The smallest absolute Gasteiger partial charge is 0.408 e. The van der Waals surface area contributed by atoms with Gasteiger partial charge in [0, 0.05) is 12.8 Å². The predicted octanol–water partition coefficient (Wildman–Crippen LogP) is 0.505. The number of likely N-dealkylation sites (tertiary alicyclic amines) is 1. The van der Waals surface area contributed by atoms with Gasteiger partial charge in [-0.2, -0.15) is 0 Å². The van der Waals surface area contributed by atoms with Crippen LogP contribution in [0.1, 0.15) is 52.0 Å². The zero-order valence-electron chi connectivity index (χ0n) is 19.0. The first kappa shape index (κ1) is 25.5. The number of quaternary nitrogens is 1. The number of nitrogens with one attached hydrogen (secondary N) is 2. The number of carbonyl (C=O) groups is 4. The second-order valence-corrected chi connectivity index (χ2v) is 8.89. The van der Waals surface area contributed by atoms with E-state index in [4.69, 9.17) is 15.2 Å². The number of ketones is 1. The molecule has 0 aromatic heterocycles. The second-order valence-electron chi connectivity index (χ2n) is 8.89. The Morgan fingerprint density at radius 3 is 2.50 bits per heavy atom. The molecule has 0 spiro atoms. The summed E-state index contributed by atoms with van der Waals surface area (Å²) in [7, 11) is 0. The van der Waals surface area contributed by atoms with Crippen molar-refractivity contribution in [3.8, 4) is 0 Å². The van der Waals surface area contributed by atoms with Crippen LogP contribution in [0.3, 0.4) is 0 Å². The minimum atomic E-state index is -0.954. The van der Waals surface area contributed by atoms with Gasteiger partial charge in [0.25, 0.3) is 5.78 Å². The molecule has 0 radical (unpaired) electrons. The topological polar surface area (TPSA) is 129 Å². The Bertz CT molecular complexity index is 806. The first-order valence-electron chi connectivity index (χ1n) is 11.0. The largest absolute Gasteiger partial charge is 0.455 e. The molecule has 32 heavy (non-hydrogen) atoms. The van der Waals surface area contributed by atoms with Gasteiger partial charge in [0.15, 0.2) is 6.04 Å². The van der Waals surface area contributed by atoms with Crippen molar-refractivity contribution in [1.29, 1.82) is 0 Å². The van der Waals surface area contributed by atoms with Crippen molar-refractivity contribution in [2.75, 3.05) is 13.1 Å². The van der Waals surface area contributed by atoms with Gasteiger partial charge in [0.05, 0.1) is 6.54 Å². The molecule has 176 valence electrons. The van der Waals surface area contributed by atoms with Crippen LogP contribution in [-0.4, -0.2) is 54.5 Å². The summed E-state index contributed by atoms with van der Waals surface area (Å²) < 4.78 is 10.4. The number of nitrogens with two attached hydrogens (primary N) is 1. The highest BCUT2D eigenvalue weighted by Crippen LogP contribution is 2.09. The van der Waals surface area contributed by atoms with Crippen molar-refractivity contribution in [2.45, 2.75) is 70.7 Å². The zero-order chi connectivity index (χ0) is 23.7. The minimum Gasteiger partial charge on any atom is -0.455 e. The molecule has 0 bridgehead atoms. The third kappa shape index (κ3) is 7.72. The van der Waals surface area contributed by atoms with Crippen LogP contribution in [0.5, 0.6) is 0 Å². The normalized spacial score (nSPS) is 19.1. The lowest BCUT2D eigenvalue weighted by Gasteiger charge is -2.25. The fourth-order valence-electron chi connectivity index (χ4n) is 3.63. The van der Waals surface area contributed by atoms with Crippen molar-refractivity contribution >= 4 is 23.8 Å². The molecule has 0 saturated carbocycles. The number of carbonyl (C=O) groups excluding carboxylic acids is 4. The molecule has 1 aromatic carbocycles. The Labute approximate surface area is 188 Å². The lowest BCUT2D eigenvalue weighted by atomic mass is 10.1. The Hall–Kier alpha value is -2.78. The Balaban J connectivity index is 2.03. The highest BCUT2D eigenvalue weighted by atomic mass is 16.6. The van der Waals surface area contributed by atoms with Gasteiger partial charge in [0.1, 0.15) is 18.2 Å². The fraction of sp³-hybridized carbons (Fsp3) is 0.565. The van der Waals surface area contributed by atoms with Crippen LogP contribution in [0, 0.1) is 0 Å². The Morgan fingerprint density at radius 2 is 1.88 bits per heavy atom. The molecule has 1 aromatic rings. The molecule has 1 saturated heterocycles. The molecule has 3 atom stereocenters. The van der Waals surface area contributed by atoms with Gasteiger partial charge in [-0.05, 0) is 45.7 Å². The molecule has 1 heterocycles. The summed E-state index contributed by atoms with van der Waals surface area (Å²) in [5, 5.41) is 2.61. The van der Waals surface area contributed by atoms with Crippen molar-refractivity contribution in [2.24, 2.45) is 5.73 Å². The van der Waals surface area contributed by atoms with Crippen LogP contribution >= 0.6 is 0 Å². The molecule has 1 aliphatic rings. The number of hydrogen-bond donors (Lipinski definition) is 3. The number of amides is 2. The summed E-state index contributed by atoms with van der Waals surface area (Å²) >= 11 is 0. The van der Waals surface area contributed by atoms with Gasteiger partial charge < -0.3 is 20.5 Å². The summed E-state index contributed by atoms with van der Waals surface area (Å²) in [6, 6.07) is 7.35. The van der Waals surface area contributed by atoms with E-state index in [-0.39, 0.29) is 12.5 Å². The molecule has 2 rings (SSSR count). The molecular weight excluding hydrogens is 414 g/mol. The predicted molar refractivity (Wildman–Crippen MR) is 117 cm³/mol. The standard InChI is InChI=1S/C23H33N3O6/c1-23(2,3)32-22(30)25-17(11-7-13-24)20(28)26-14-8-12-18(26)19(27)21(29)31-15-16-9-5-4-6-10-16/h4-6,9-10,17-18H,7-8,11-15,24H2,1-3H3,(H,25,30)/p+1/t17-,18-/m0/s1. The lowest BCUT2D eigenvalue weighted by Crippen LogP contribution is -3.18. The van der Waals surface area contributed by atoms with E-state index in [1.807, 2.05) is 18.2 Å². The summed E-state index contributed by atoms with van der Waals surface area (Å²) in [4.78, 5) is 50.9. The maximum Gasteiger partial charge on any atom is 0.408 e. The Kier molecular flexibility index (Phi) is 9.34. The molecule has 9 nitrogen and oxygen atoms in total. The van der Waals surface area contributed by atoms with E-state index in [9.17, 15) is 19.2 Å². The van der Waals surface area contributed by atoms with E-state index in [0.29, 0.717) is 43.7 Å². The average molecular weight is 449 g/mol. The molecule has 4 N–H and O–H groups in total. The molecule has 0 aliphatic carbocycles. The van der Waals surface area contributed by atoms with Gasteiger partial charge in [-0.3, -0.25) is 9.69 Å². The molecule has 2 amide bonds. The maximum absolute atomic E-state index is 13.2. The van der Waals surface area contributed by atoms with Crippen molar-refractivity contribution in [3.05, 3.63) is 35.9 Å². The van der Waals surface area contributed by atoms with E-state index in [0.717, 1.165) is 5.56 Å². The number of Topliss-reactive ketones (excluding diaryl/α,β-unsaturated/α-hetero) is 1. The van der Waals surface area contributed by atoms with Gasteiger partial charge in [0.2, 0.25) is 0 Å². The number of ether oxygens (including phenoxy) is 2. The summed E-state index contributed by atoms with van der Waals surface area (Å²) in [5.41, 5.74) is 5.63. The quantitative estimate of drug-likeness (QED) is 0.371. The van der Waals surface area contributed by atoms with Crippen molar-refractivity contribution in [3.63, 3.8) is 0 Å². The monoisotopic (exact) mass is 448 g/mol. The number of esters is 1. The molecule has 1 fully saturated rings.